The van der Waals surface area contributed by atoms with Crippen LogP contribution in [0.15, 0.2) is 30.6 Å². The third-order valence-electron chi connectivity index (χ3n) is 4.26. The Hall–Kier alpha value is -2.82. The van der Waals surface area contributed by atoms with Gasteiger partial charge in [0.05, 0.1) is 26.8 Å². The molecule has 1 aromatic carbocycles. The first-order valence-corrected chi connectivity index (χ1v) is 9.15. The normalized spacial score (nSPS) is 11.1. The Labute approximate surface area is 192 Å². The predicted molar refractivity (Wildman–Crippen MR) is 120 cm³/mol. The van der Waals surface area contributed by atoms with Crippen molar-refractivity contribution in [2.24, 2.45) is 5.73 Å². The van der Waals surface area contributed by atoms with Crippen molar-refractivity contribution in [2.45, 2.75) is 32.5 Å². The van der Waals surface area contributed by atoms with E-state index in [2.05, 4.69) is 25.4 Å². The van der Waals surface area contributed by atoms with E-state index < -0.39 is 0 Å². The van der Waals surface area contributed by atoms with Gasteiger partial charge < -0.3 is 25.5 Å². The highest BCUT2D eigenvalue weighted by Crippen LogP contribution is 2.28. The zero-order chi connectivity index (χ0) is 20.8. The molecule has 2 heterocycles. The molecule has 4 N–H and O–H groups in total. The Morgan fingerprint density at radius 2 is 2.00 bits per heavy atom. The van der Waals surface area contributed by atoms with Crippen molar-refractivity contribution >= 4 is 30.7 Å². The Kier molecular flexibility index (Phi) is 10.3. The third-order valence-corrected chi connectivity index (χ3v) is 4.26. The third kappa shape index (κ3) is 6.84. The maximum Gasteiger partial charge on any atom is 0.242 e. The van der Waals surface area contributed by atoms with Gasteiger partial charge in [-0.2, -0.15) is 5.10 Å². The molecule has 0 fully saturated rings. The predicted octanol–water partition coefficient (Wildman–Crippen LogP) is 1.79. The van der Waals surface area contributed by atoms with Crippen LogP contribution >= 0.6 is 24.8 Å². The van der Waals surface area contributed by atoms with Crippen molar-refractivity contribution in [3.63, 3.8) is 0 Å². The molecule has 2 aromatic heterocycles. The molecule has 170 valence electrons. The van der Waals surface area contributed by atoms with Gasteiger partial charge in [0, 0.05) is 18.8 Å². The molecule has 3 aromatic rings. The summed E-state index contributed by atoms with van der Waals surface area (Å²) in [5, 5.41) is 7.27. The first-order chi connectivity index (χ1) is 14.0. The molecule has 0 aliphatic carbocycles. The lowest BCUT2D eigenvalue weighted by Gasteiger charge is -2.08. The number of carbonyl (C=O) groups is 1. The van der Waals surface area contributed by atoms with E-state index >= 15 is 0 Å². The van der Waals surface area contributed by atoms with E-state index in [9.17, 15) is 4.79 Å². The van der Waals surface area contributed by atoms with Gasteiger partial charge in [-0.25, -0.2) is 14.6 Å². The maximum atomic E-state index is 12.3. The number of imidazole rings is 1. The van der Waals surface area contributed by atoms with Crippen LogP contribution in [0.3, 0.4) is 0 Å². The van der Waals surface area contributed by atoms with E-state index in [4.69, 9.17) is 15.2 Å². The van der Waals surface area contributed by atoms with Crippen molar-refractivity contribution in [2.75, 3.05) is 14.2 Å². The first kappa shape index (κ1) is 26.2. The molecule has 31 heavy (non-hydrogen) atoms. The number of hydrogen-bond donors (Lipinski definition) is 3. The zero-order valence-corrected chi connectivity index (χ0v) is 19.1. The molecule has 1 atom stereocenters. The molecular weight excluding hydrogens is 445 g/mol. The van der Waals surface area contributed by atoms with E-state index in [1.54, 1.807) is 26.6 Å². The summed E-state index contributed by atoms with van der Waals surface area (Å²) in [6.45, 7) is 2.14. The van der Waals surface area contributed by atoms with Gasteiger partial charge >= 0.3 is 0 Å². The molecule has 0 saturated heterocycles. The highest BCUT2D eigenvalue weighted by molar-refractivity contribution is 5.85. The average molecular weight is 472 g/mol. The first-order valence-electron chi connectivity index (χ1n) is 9.15. The van der Waals surface area contributed by atoms with Gasteiger partial charge in [-0.1, -0.05) is 6.07 Å². The van der Waals surface area contributed by atoms with Crippen LogP contribution in [0.5, 0.6) is 11.5 Å². The van der Waals surface area contributed by atoms with Gasteiger partial charge in [-0.15, -0.1) is 24.8 Å². The van der Waals surface area contributed by atoms with Crippen molar-refractivity contribution in [3.8, 4) is 11.5 Å². The van der Waals surface area contributed by atoms with Gasteiger partial charge in [-0.3, -0.25) is 4.79 Å². The van der Waals surface area contributed by atoms with Crippen LogP contribution in [0.25, 0.3) is 0 Å². The van der Waals surface area contributed by atoms with Crippen LogP contribution in [-0.4, -0.2) is 44.9 Å². The van der Waals surface area contributed by atoms with Crippen LogP contribution in [0.2, 0.25) is 0 Å². The minimum Gasteiger partial charge on any atom is -0.493 e. The minimum absolute atomic E-state index is 0. The number of ether oxygens (including phenoxy) is 2. The molecule has 12 heteroatoms. The van der Waals surface area contributed by atoms with E-state index in [0.717, 1.165) is 5.56 Å². The van der Waals surface area contributed by atoms with Gasteiger partial charge in [0.1, 0.15) is 18.2 Å². The molecule has 0 unspecified atom stereocenters. The summed E-state index contributed by atoms with van der Waals surface area (Å²) in [5.74, 6) is 2.88. The number of H-pyrrole nitrogens is 1. The second kappa shape index (κ2) is 12.1. The second-order valence-electron chi connectivity index (χ2n) is 6.51. The maximum absolute atomic E-state index is 12.3. The molecule has 1 amide bonds. The fourth-order valence-electron chi connectivity index (χ4n) is 2.87. The summed E-state index contributed by atoms with van der Waals surface area (Å²) in [4.78, 5) is 23.8. The quantitative estimate of drug-likeness (QED) is 0.433. The Morgan fingerprint density at radius 3 is 2.61 bits per heavy atom. The molecular formula is C19H27Cl2N7O3. The number of nitrogens with one attached hydrogen (secondary N) is 2. The van der Waals surface area contributed by atoms with Gasteiger partial charge in [0.25, 0.3) is 0 Å². The smallest absolute Gasteiger partial charge is 0.242 e. The van der Waals surface area contributed by atoms with Crippen LogP contribution in [0, 0.1) is 0 Å². The van der Waals surface area contributed by atoms with Crippen molar-refractivity contribution < 1.29 is 14.3 Å². The van der Waals surface area contributed by atoms with Crippen LogP contribution < -0.4 is 20.5 Å². The summed E-state index contributed by atoms with van der Waals surface area (Å²) < 4.78 is 12.1. The average Bonchev–Trinajstić information content (AvgIpc) is 3.36. The SMILES string of the molecule is COc1ccc(Cc2nc([C@@H](C)N)n(CC(=O)NCc3ncc[nH]3)n2)cc1OC.Cl.Cl. The largest absolute Gasteiger partial charge is 0.493 e. The summed E-state index contributed by atoms with van der Waals surface area (Å²) in [6, 6.07) is 5.27. The standard InChI is InChI=1S/C19H25N7O3.2ClH/c1-12(20)19-24-16(9-13-4-5-14(28-2)15(8-13)29-3)25-26(19)11-18(27)23-10-17-21-6-7-22-17;;/h4-8,12H,9-11,20H2,1-3H3,(H,21,22)(H,23,27);2*1H/t12-;;/m1../s1. The van der Waals surface area contributed by atoms with E-state index in [1.165, 1.54) is 4.68 Å². The highest BCUT2D eigenvalue weighted by Gasteiger charge is 2.17. The van der Waals surface area contributed by atoms with E-state index in [0.29, 0.717) is 41.9 Å². The van der Waals surface area contributed by atoms with E-state index in [1.807, 2.05) is 25.1 Å². The Balaban J connectivity index is 0.00000240. The number of hydrogen-bond acceptors (Lipinski definition) is 7. The summed E-state index contributed by atoms with van der Waals surface area (Å²) in [6.07, 6.45) is 3.81. The number of carbonyl (C=O) groups excluding carboxylic acids is 1. The molecule has 3 rings (SSSR count). The van der Waals surface area contributed by atoms with Gasteiger partial charge in [0.15, 0.2) is 17.3 Å². The van der Waals surface area contributed by atoms with Crippen LogP contribution in [-0.2, 0) is 24.3 Å². The Morgan fingerprint density at radius 1 is 1.26 bits per heavy atom. The van der Waals surface area contributed by atoms with Crippen LogP contribution in [0.4, 0.5) is 0 Å². The number of nitrogens with zero attached hydrogens (tertiary/aromatic N) is 4. The fraction of sp³-hybridized carbons (Fsp3) is 0.368. The van der Waals surface area contributed by atoms with Crippen molar-refractivity contribution in [1.29, 1.82) is 0 Å². The minimum atomic E-state index is -0.362. The molecule has 10 nitrogen and oxygen atoms in total. The number of amides is 1. The van der Waals surface area contributed by atoms with Crippen molar-refractivity contribution in [3.05, 3.63) is 53.6 Å². The number of aromatic amines is 1. The second-order valence-corrected chi connectivity index (χ2v) is 6.51. The molecule has 0 aliphatic rings. The number of aromatic nitrogens is 5. The van der Waals surface area contributed by atoms with Gasteiger partial charge in [-0.05, 0) is 24.6 Å². The molecule has 0 aliphatic heterocycles. The summed E-state index contributed by atoms with van der Waals surface area (Å²) in [5.41, 5.74) is 6.98. The van der Waals surface area contributed by atoms with E-state index in [-0.39, 0.29) is 43.3 Å². The number of rotatable bonds is 9. The number of nitrogens with two attached hydrogens (primary N) is 1. The number of benzene rings is 1. The number of methoxy groups -OCH3 is 2. The monoisotopic (exact) mass is 471 g/mol. The lowest BCUT2D eigenvalue weighted by Crippen LogP contribution is -2.29. The van der Waals surface area contributed by atoms with Crippen LogP contribution in [0.1, 0.15) is 36.0 Å². The molecule has 0 bridgehead atoms. The highest BCUT2D eigenvalue weighted by atomic mass is 35.5. The summed E-state index contributed by atoms with van der Waals surface area (Å²) >= 11 is 0. The topological polar surface area (TPSA) is 133 Å². The van der Waals surface area contributed by atoms with Crippen molar-refractivity contribution in [1.82, 2.24) is 30.0 Å². The lowest BCUT2D eigenvalue weighted by molar-refractivity contribution is -0.122. The zero-order valence-electron chi connectivity index (χ0n) is 17.5. The summed E-state index contributed by atoms with van der Waals surface area (Å²) in [7, 11) is 3.18. The molecule has 0 saturated carbocycles. The molecule has 0 radical (unpaired) electrons. The number of halogens is 2. The molecule has 0 spiro atoms. The fourth-order valence-corrected chi connectivity index (χ4v) is 2.87. The van der Waals surface area contributed by atoms with Gasteiger partial charge in [0.2, 0.25) is 5.91 Å². The Bertz CT molecular complexity index is 962. The lowest BCUT2D eigenvalue weighted by atomic mass is 10.1.